The van der Waals surface area contributed by atoms with Crippen molar-refractivity contribution in [3.8, 4) is 0 Å². The van der Waals surface area contributed by atoms with E-state index in [2.05, 4.69) is 56.8 Å². The SMILES string of the molecule is C1=CC[C@H]2CN(Cc3nnnn3Cc3ccccc3)C[C@H]2C1. The zero-order valence-corrected chi connectivity index (χ0v) is 12.7. The molecule has 5 nitrogen and oxygen atoms in total. The van der Waals surface area contributed by atoms with Gasteiger partial charge in [-0.3, -0.25) is 4.90 Å². The third-order valence-corrected chi connectivity index (χ3v) is 4.84. The Kier molecular flexibility index (Phi) is 3.72. The molecule has 2 aromatic rings. The summed E-state index contributed by atoms with van der Waals surface area (Å²) in [6.45, 7) is 3.94. The third-order valence-electron chi connectivity index (χ3n) is 4.84. The predicted octanol–water partition coefficient (Wildman–Crippen LogP) is 2.12. The molecule has 1 aromatic carbocycles. The molecule has 2 aliphatic rings. The number of hydrogen-bond acceptors (Lipinski definition) is 4. The Morgan fingerprint density at radius 1 is 0.955 bits per heavy atom. The van der Waals surface area contributed by atoms with Crippen molar-refractivity contribution in [2.45, 2.75) is 25.9 Å². The zero-order chi connectivity index (χ0) is 14.8. The summed E-state index contributed by atoms with van der Waals surface area (Å²) in [6.07, 6.45) is 7.14. The van der Waals surface area contributed by atoms with Crippen LogP contribution < -0.4 is 0 Å². The predicted molar refractivity (Wildman–Crippen MR) is 84.0 cm³/mol. The normalized spacial score (nSPS) is 24.5. The fraction of sp³-hybridized carbons (Fsp3) is 0.471. The Hall–Kier alpha value is -2.01. The van der Waals surface area contributed by atoms with E-state index >= 15 is 0 Å². The maximum atomic E-state index is 4.24. The van der Waals surface area contributed by atoms with E-state index in [0.717, 1.165) is 30.7 Å². The quantitative estimate of drug-likeness (QED) is 0.811. The molecular weight excluding hydrogens is 274 g/mol. The van der Waals surface area contributed by atoms with E-state index in [1.165, 1.54) is 31.5 Å². The lowest BCUT2D eigenvalue weighted by Gasteiger charge is -2.18. The lowest BCUT2D eigenvalue weighted by atomic mass is 9.86. The van der Waals surface area contributed by atoms with Gasteiger partial charge in [-0.2, -0.15) is 0 Å². The second-order valence-corrected chi connectivity index (χ2v) is 6.40. The van der Waals surface area contributed by atoms with Crippen LogP contribution in [-0.2, 0) is 13.1 Å². The molecule has 1 fully saturated rings. The average molecular weight is 295 g/mol. The van der Waals surface area contributed by atoms with Crippen molar-refractivity contribution in [1.29, 1.82) is 0 Å². The van der Waals surface area contributed by atoms with Crippen molar-refractivity contribution < 1.29 is 0 Å². The van der Waals surface area contributed by atoms with Crippen molar-refractivity contribution in [3.63, 3.8) is 0 Å². The number of likely N-dealkylation sites (tertiary alicyclic amines) is 1. The van der Waals surface area contributed by atoms with Crippen molar-refractivity contribution in [1.82, 2.24) is 25.1 Å². The number of fused-ring (bicyclic) bond motifs is 1. The number of hydrogen-bond donors (Lipinski definition) is 0. The second-order valence-electron chi connectivity index (χ2n) is 6.40. The van der Waals surface area contributed by atoms with Gasteiger partial charge in [0.25, 0.3) is 0 Å². The molecule has 114 valence electrons. The highest BCUT2D eigenvalue weighted by atomic mass is 15.5. The molecule has 2 heterocycles. The Labute approximate surface area is 130 Å². The fourth-order valence-corrected chi connectivity index (χ4v) is 3.66. The van der Waals surface area contributed by atoms with Crippen LogP contribution >= 0.6 is 0 Å². The van der Waals surface area contributed by atoms with Crippen LogP contribution in [0.15, 0.2) is 42.5 Å². The third kappa shape index (κ3) is 2.81. The van der Waals surface area contributed by atoms with E-state index in [9.17, 15) is 0 Å². The smallest absolute Gasteiger partial charge is 0.165 e. The molecule has 1 aromatic heterocycles. The van der Waals surface area contributed by atoms with Crippen molar-refractivity contribution >= 4 is 0 Å². The molecule has 0 N–H and O–H groups in total. The van der Waals surface area contributed by atoms with Gasteiger partial charge in [0.2, 0.25) is 0 Å². The Morgan fingerprint density at radius 3 is 2.41 bits per heavy atom. The first-order chi connectivity index (χ1) is 10.9. The number of benzene rings is 1. The highest BCUT2D eigenvalue weighted by Gasteiger charge is 2.33. The minimum absolute atomic E-state index is 0.741. The second kappa shape index (κ2) is 6.01. The summed E-state index contributed by atoms with van der Waals surface area (Å²) in [4.78, 5) is 2.51. The Balaban J connectivity index is 1.43. The van der Waals surface area contributed by atoms with Gasteiger partial charge in [-0.05, 0) is 40.7 Å². The minimum Gasteiger partial charge on any atom is -0.295 e. The van der Waals surface area contributed by atoms with Crippen molar-refractivity contribution in [2.24, 2.45) is 11.8 Å². The summed E-state index contributed by atoms with van der Waals surface area (Å²) in [5.41, 5.74) is 1.23. The molecule has 0 amide bonds. The van der Waals surface area contributed by atoms with E-state index in [0.29, 0.717) is 0 Å². The lowest BCUT2D eigenvalue weighted by Crippen LogP contribution is -2.23. The van der Waals surface area contributed by atoms with Crippen LogP contribution in [0.25, 0.3) is 0 Å². The largest absolute Gasteiger partial charge is 0.295 e. The van der Waals surface area contributed by atoms with E-state index < -0.39 is 0 Å². The molecule has 0 saturated carbocycles. The molecule has 0 unspecified atom stereocenters. The number of tetrazole rings is 1. The maximum absolute atomic E-state index is 4.24. The summed E-state index contributed by atoms with van der Waals surface area (Å²) < 4.78 is 1.93. The van der Waals surface area contributed by atoms with Crippen molar-refractivity contribution in [2.75, 3.05) is 13.1 Å². The molecule has 1 saturated heterocycles. The summed E-state index contributed by atoms with van der Waals surface area (Å²) in [6, 6.07) is 10.4. The highest BCUT2D eigenvalue weighted by molar-refractivity contribution is 5.15. The molecule has 0 bridgehead atoms. The molecule has 0 radical (unpaired) electrons. The van der Waals surface area contributed by atoms with Crippen LogP contribution in [-0.4, -0.2) is 38.2 Å². The zero-order valence-electron chi connectivity index (χ0n) is 12.7. The van der Waals surface area contributed by atoms with Gasteiger partial charge in [-0.25, -0.2) is 4.68 Å². The molecule has 1 aliphatic heterocycles. The lowest BCUT2D eigenvalue weighted by molar-refractivity contribution is 0.299. The van der Waals surface area contributed by atoms with Gasteiger partial charge in [-0.15, -0.1) is 5.10 Å². The maximum Gasteiger partial charge on any atom is 0.165 e. The molecule has 5 heteroatoms. The van der Waals surface area contributed by atoms with Gasteiger partial charge in [0.1, 0.15) is 0 Å². The first-order valence-corrected chi connectivity index (χ1v) is 8.05. The van der Waals surface area contributed by atoms with Gasteiger partial charge in [0.05, 0.1) is 13.1 Å². The van der Waals surface area contributed by atoms with Gasteiger partial charge < -0.3 is 0 Å². The fourth-order valence-electron chi connectivity index (χ4n) is 3.66. The van der Waals surface area contributed by atoms with E-state index in [1.807, 2.05) is 10.7 Å². The van der Waals surface area contributed by atoms with Crippen LogP contribution in [0.4, 0.5) is 0 Å². The van der Waals surface area contributed by atoms with E-state index in [4.69, 9.17) is 0 Å². The Bertz CT molecular complexity index is 632. The van der Waals surface area contributed by atoms with Gasteiger partial charge in [-0.1, -0.05) is 42.5 Å². The first-order valence-electron chi connectivity index (χ1n) is 8.05. The van der Waals surface area contributed by atoms with Gasteiger partial charge in [0, 0.05) is 13.1 Å². The molecule has 22 heavy (non-hydrogen) atoms. The summed E-state index contributed by atoms with van der Waals surface area (Å²) in [7, 11) is 0. The molecule has 1 aliphatic carbocycles. The average Bonchev–Trinajstić information content (AvgIpc) is 3.15. The van der Waals surface area contributed by atoms with Crippen LogP contribution in [0, 0.1) is 11.8 Å². The summed E-state index contributed by atoms with van der Waals surface area (Å²) in [5, 5.41) is 12.3. The first kappa shape index (κ1) is 13.6. The number of nitrogens with zero attached hydrogens (tertiary/aromatic N) is 5. The topological polar surface area (TPSA) is 46.8 Å². The van der Waals surface area contributed by atoms with Crippen LogP contribution in [0.5, 0.6) is 0 Å². The van der Waals surface area contributed by atoms with E-state index in [1.54, 1.807) is 0 Å². The number of rotatable bonds is 4. The molecule has 0 spiro atoms. The molecule has 4 rings (SSSR count). The monoisotopic (exact) mass is 295 g/mol. The standard InChI is InChI=1S/C17H21N5/c1-2-6-14(7-3-1)10-22-17(18-19-20-22)13-21-11-15-8-4-5-9-16(15)12-21/h1-7,15-16H,8-13H2/t15-,16+. The van der Waals surface area contributed by atoms with Crippen molar-refractivity contribution in [3.05, 3.63) is 53.9 Å². The van der Waals surface area contributed by atoms with Gasteiger partial charge in [0.15, 0.2) is 5.82 Å². The summed E-state index contributed by atoms with van der Waals surface area (Å²) in [5.74, 6) is 2.61. The van der Waals surface area contributed by atoms with Crippen LogP contribution in [0.1, 0.15) is 24.2 Å². The number of allylic oxidation sites excluding steroid dienone is 2. The Morgan fingerprint density at radius 2 is 1.68 bits per heavy atom. The minimum atomic E-state index is 0.741. The summed E-state index contributed by atoms with van der Waals surface area (Å²) >= 11 is 0. The number of aromatic nitrogens is 4. The highest BCUT2D eigenvalue weighted by Crippen LogP contribution is 2.33. The van der Waals surface area contributed by atoms with Crippen LogP contribution in [0.2, 0.25) is 0 Å². The molecular formula is C17H21N5. The van der Waals surface area contributed by atoms with Gasteiger partial charge >= 0.3 is 0 Å². The molecule has 2 atom stereocenters. The van der Waals surface area contributed by atoms with E-state index in [-0.39, 0.29) is 0 Å². The van der Waals surface area contributed by atoms with Crippen LogP contribution in [0.3, 0.4) is 0 Å².